The van der Waals surface area contributed by atoms with Gasteiger partial charge in [0.05, 0.1) is 18.1 Å². The van der Waals surface area contributed by atoms with Crippen LogP contribution in [0.5, 0.6) is 0 Å². The molecule has 3 aromatic carbocycles. The van der Waals surface area contributed by atoms with E-state index in [1.165, 1.54) is 0 Å². The van der Waals surface area contributed by atoms with Crippen molar-refractivity contribution < 1.29 is 9.59 Å². The summed E-state index contributed by atoms with van der Waals surface area (Å²) >= 11 is 0. The number of piperidine rings is 1. The number of urea groups is 1. The van der Waals surface area contributed by atoms with Crippen LogP contribution in [0.3, 0.4) is 0 Å². The van der Waals surface area contributed by atoms with Gasteiger partial charge in [-0.15, -0.1) is 0 Å². The average Bonchev–Trinajstić information content (AvgIpc) is 3.71. The van der Waals surface area contributed by atoms with Crippen molar-refractivity contribution in [3.63, 3.8) is 0 Å². The van der Waals surface area contributed by atoms with E-state index >= 15 is 0 Å². The van der Waals surface area contributed by atoms with Gasteiger partial charge in [0.25, 0.3) is 5.91 Å². The van der Waals surface area contributed by atoms with E-state index in [0.29, 0.717) is 12.5 Å². The normalized spacial score (nSPS) is 16.1. The standard InChI is InChI=1S/C39H45N7O2/c1-29-37(38(47)43-22-20-41(2)21-23-43)35(34-15-9-13-32-12-7-8-14-33(32)34)27-46(29)36-24-40-28-45(36)26-31-16-18-44(19-17-31)39(48)42(3)25-30-10-5-4-6-11-30/h4-15,24,27-28,31H,16-23,25-26H2,1-3H3. The zero-order valence-electron chi connectivity index (χ0n) is 28.3. The molecule has 0 atom stereocenters. The fourth-order valence-electron chi connectivity index (χ4n) is 7.35. The molecule has 2 aromatic heterocycles. The van der Waals surface area contributed by atoms with Crippen LogP contribution in [0.1, 0.15) is 34.5 Å². The molecule has 2 saturated heterocycles. The predicted molar refractivity (Wildman–Crippen MR) is 190 cm³/mol. The highest BCUT2D eigenvalue weighted by Gasteiger charge is 2.30. The molecule has 9 nitrogen and oxygen atoms in total. The molecule has 0 N–H and O–H groups in total. The number of likely N-dealkylation sites (N-methyl/N-ethyl adjacent to an activating group) is 1. The lowest BCUT2D eigenvalue weighted by molar-refractivity contribution is 0.0664. The van der Waals surface area contributed by atoms with Gasteiger partial charge in [0.1, 0.15) is 5.82 Å². The van der Waals surface area contributed by atoms with E-state index in [-0.39, 0.29) is 11.9 Å². The van der Waals surface area contributed by atoms with Gasteiger partial charge in [-0.3, -0.25) is 4.79 Å². The second-order valence-corrected chi connectivity index (χ2v) is 13.5. The molecule has 0 spiro atoms. The Balaban J connectivity index is 1.13. The second-order valence-electron chi connectivity index (χ2n) is 13.5. The minimum atomic E-state index is 0.0853. The molecule has 7 rings (SSSR count). The molecule has 0 unspecified atom stereocenters. The van der Waals surface area contributed by atoms with Crippen molar-refractivity contribution in [2.45, 2.75) is 32.9 Å². The van der Waals surface area contributed by atoms with Crippen molar-refractivity contribution in [2.75, 3.05) is 53.4 Å². The zero-order valence-corrected chi connectivity index (χ0v) is 28.3. The number of amides is 3. The third-order valence-corrected chi connectivity index (χ3v) is 10.2. The summed E-state index contributed by atoms with van der Waals surface area (Å²) in [6.45, 7) is 8.13. The molecular formula is C39H45N7O2. The van der Waals surface area contributed by atoms with Gasteiger partial charge in [-0.25, -0.2) is 9.78 Å². The predicted octanol–water partition coefficient (Wildman–Crippen LogP) is 6.15. The third kappa shape index (κ3) is 6.34. The van der Waals surface area contributed by atoms with E-state index in [1.54, 1.807) is 0 Å². The molecule has 5 aromatic rings. The number of carbonyl (C=O) groups is 2. The Kier molecular flexibility index (Phi) is 9.04. The van der Waals surface area contributed by atoms with E-state index in [2.05, 4.69) is 93.8 Å². The highest BCUT2D eigenvalue weighted by atomic mass is 16.2. The minimum Gasteiger partial charge on any atom is -0.336 e. The van der Waals surface area contributed by atoms with Crippen molar-refractivity contribution in [3.8, 4) is 16.9 Å². The highest BCUT2D eigenvalue weighted by Crippen LogP contribution is 2.36. The van der Waals surface area contributed by atoms with Crippen LogP contribution in [0.4, 0.5) is 4.79 Å². The lowest BCUT2D eigenvalue weighted by atomic mass is 9.96. The van der Waals surface area contributed by atoms with Crippen molar-refractivity contribution >= 4 is 22.7 Å². The van der Waals surface area contributed by atoms with E-state index in [4.69, 9.17) is 0 Å². The number of likely N-dealkylation sites (tertiary alicyclic amines) is 1. The smallest absolute Gasteiger partial charge is 0.320 e. The molecule has 2 aliphatic rings. The van der Waals surface area contributed by atoms with E-state index < -0.39 is 0 Å². The van der Waals surface area contributed by atoms with Gasteiger partial charge < -0.3 is 28.7 Å². The maximum absolute atomic E-state index is 14.3. The minimum absolute atomic E-state index is 0.0853. The summed E-state index contributed by atoms with van der Waals surface area (Å²) < 4.78 is 4.37. The van der Waals surface area contributed by atoms with Crippen molar-refractivity contribution in [1.82, 2.24) is 33.7 Å². The molecule has 3 amide bonds. The van der Waals surface area contributed by atoms with Crippen LogP contribution < -0.4 is 0 Å². The van der Waals surface area contributed by atoms with Crippen LogP contribution in [-0.4, -0.2) is 99.0 Å². The van der Waals surface area contributed by atoms with Gasteiger partial charge in [-0.2, -0.15) is 0 Å². The van der Waals surface area contributed by atoms with Crippen LogP contribution in [0.25, 0.3) is 27.7 Å². The van der Waals surface area contributed by atoms with Crippen LogP contribution >= 0.6 is 0 Å². The lowest BCUT2D eigenvalue weighted by Gasteiger charge is -2.35. The number of aromatic nitrogens is 3. The molecule has 9 heteroatoms. The molecule has 0 radical (unpaired) electrons. The summed E-state index contributed by atoms with van der Waals surface area (Å²) in [6.07, 6.45) is 7.81. The highest BCUT2D eigenvalue weighted by molar-refractivity contribution is 6.07. The summed E-state index contributed by atoms with van der Waals surface area (Å²) in [5, 5.41) is 2.29. The first-order valence-electron chi connectivity index (χ1n) is 17.1. The Morgan fingerprint density at radius 2 is 1.54 bits per heavy atom. The number of hydrogen-bond donors (Lipinski definition) is 0. The zero-order chi connectivity index (χ0) is 33.2. The molecule has 4 heterocycles. The molecule has 0 aliphatic carbocycles. The summed E-state index contributed by atoms with van der Waals surface area (Å²) in [6, 6.07) is 24.9. The maximum Gasteiger partial charge on any atom is 0.320 e. The molecule has 2 fully saturated rings. The van der Waals surface area contributed by atoms with E-state index in [1.807, 2.05) is 52.5 Å². The summed E-state index contributed by atoms with van der Waals surface area (Å²) in [7, 11) is 3.99. The Bertz CT molecular complexity index is 1890. The molecule has 248 valence electrons. The second kappa shape index (κ2) is 13.7. The largest absolute Gasteiger partial charge is 0.336 e. The Morgan fingerprint density at radius 3 is 2.31 bits per heavy atom. The number of fused-ring (bicyclic) bond motifs is 1. The van der Waals surface area contributed by atoms with Gasteiger partial charge in [-0.1, -0.05) is 72.8 Å². The van der Waals surface area contributed by atoms with Gasteiger partial charge >= 0.3 is 6.03 Å². The lowest BCUT2D eigenvalue weighted by Crippen LogP contribution is -2.47. The van der Waals surface area contributed by atoms with Crippen molar-refractivity contribution in [3.05, 3.63) is 108 Å². The third-order valence-electron chi connectivity index (χ3n) is 10.2. The number of benzene rings is 3. The molecule has 0 bridgehead atoms. The van der Waals surface area contributed by atoms with Gasteiger partial charge in [0.2, 0.25) is 0 Å². The van der Waals surface area contributed by atoms with Crippen LogP contribution in [0.2, 0.25) is 0 Å². The first kappa shape index (κ1) is 31.7. The maximum atomic E-state index is 14.3. The van der Waals surface area contributed by atoms with Gasteiger partial charge in [0.15, 0.2) is 0 Å². The quantitative estimate of drug-likeness (QED) is 0.213. The first-order valence-corrected chi connectivity index (χ1v) is 17.1. The monoisotopic (exact) mass is 643 g/mol. The van der Waals surface area contributed by atoms with Crippen molar-refractivity contribution in [1.29, 1.82) is 0 Å². The Hall–Kier alpha value is -4.89. The molecule has 48 heavy (non-hydrogen) atoms. The van der Waals surface area contributed by atoms with Crippen LogP contribution in [0.15, 0.2) is 91.5 Å². The number of carbonyl (C=O) groups excluding carboxylic acids is 2. The van der Waals surface area contributed by atoms with Gasteiger partial charge in [0, 0.05) is 76.9 Å². The fourth-order valence-corrected chi connectivity index (χ4v) is 7.35. The number of piperazine rings is 1. The average molecular weight is 644 g/mol. The number of imidazole rings is 1. The summed E-state index contributed by atoms with van der Waals surface area (Å²) in [5.41, 5.74) is 4.83. The summed E-state index contributed by atoms with van der Waals surface area (Å²) in [4.78, 5) is 40.2. The van der Waals surface area contributed by atoms with E-state index in [0.717, 1.165) is 103 Å². The molecular weight excluding hydrogens is 598 g/mol. The summed E-state index contributed by atoms with van der Waals surface area (Å²) in [5.74, 6) is 1.46. The molecule has 2 aliphatic heterocycles. The van der Waals surface area contributed by atoms with Crippen LogP contribution in [0, 0.1) is 12.8 Å². The topological polar surface area (TPSA) is 69.9 Å². The van der Waals surface area contributed by atoms with Gasteiger partial charge in [-0.05, 0) is 54.6 Å². The number of rotatable bonds is 7. The Morgan fingerprint density at radius 1 is 0.833 bits per heavy atom. The number of nitrogens with zero attached hydrogens (tertiary/aromatic N) is 7. The SMILES string of the molecule is Cc1c(C(=O)N2CCN(C)CC2)c(-c2cccc3ccccc23)cn1-c1cncn1CC1CCN(C(=O)N(C)Cc2ccccc2)CC1. The van der Waals surface area contributed by atoms with Crippen LogP contribution in [-0.2, 0) is 13.1 Å². The first-order chi connectivity index (χ1) is 23.4. The number of hydrogen-bond acceptors (Lipinski definition) is 4. The van der Waals surface area contributed by atoms with E-state index in [9.17, 15) is 9.59 Å². The molecule has 0 saturated carbocycles. The fraction of sp³-hybridized carbons (Fsp3) is 0.359. The Labute approximate surface area is 283 Å². The van der Waals surface area contributed by atoms with Crippen molar-refractivity contribution in [2.24, 2.45) is 5.92 Å².